The van der Waals surface area contributed by atoms with E-state index in [0.29, 0.717) is 26.1 Å². The predicted molar refractivity (Wildman–Crippen MR) is 70.2 cm³/mol. The van der Waals surface area contributed by atoms with Crippen LogP contribution in [0.5, 0.6) is 0 Å². The number of nitrogens with one attached hydrogen (secondary N) is 1. The van der Waals surface area contributed by atoms with Crippen LogP contribution in [0.4, 0.5) is 8.78 Å². The van der Waals surface area contributed by atoms with Crippen LogP contribution in [-0.2, 0) is 11.3 Å². The number of halogens is 2. The van der Waals surface area contributed by atoms with Crippen molar-refractivity contribution in [1.82, 2.24) is 5.32 Å². The molecule has 2 N–H and O–H groups in total. The third-order valence-electron chi connectivity index (χ3n) is 2.88. The van der Waals surface area contributed by atoms with Crippen molar-refractivity contribution in [2.24, 2.45) is 0 Å². The van der Waals surface area contributed by atoms with Crippen molar-refractivity contribution in [3.8, 4) is 0 Å². The SMILES string of the molecule is COCCC(C)(O)CNCc1cccc(C(F)F)c1. The Hall–Kier alpha value is -1.04. The summed E-state index contributed by atoms with van der Waals surface area (Å²) in [6.07, 6.45) is -1.93. The van der Waals surface area contributed by atoms with Gasteiger partial charge in [-0.2, -0.15) is 0 Å². The molecule has 1 aromatic carbocycles. The van der Waals surface area contributed by atoms with Crippen molar-refractivity contribution >= 4 is 0 Å². The van der Waals surface area contributed by atoms with Gasteiger partial charge in [-0.3, -0.25) is 0 Å². The first-order valence-electron chi connectivity index (χ1n) is 6.23. The van der Waals surface area contributed by atoms with E-state index in [2.05, 4.69) is 5.32 Å². The Bertz CT molecular complexity index is 383. The highest BCUT2D eigenvalue weighted by Gasteiger charge is 2.19. The molecule has 1 aromatic rings. The molecule has 0 spiro atoms. The molecule has 0 radical (unpaired) electrons. The van der Waals surface area contributed by atoms with E-state index in [0.717, 1.165) is 5.56 Å². The lowest BCUT2D eigenvalue weighted by atomic mass is 10.0. The van der Waals surface area contributed by atoms with Gasteiger partial charge in [0.2, 0.25) is 0 Å². The van der Waals surface area contributed by atoms with Crippen molar-refractivity contribution in [3.05, 3.63) is 35.4 Å². The minimum atomic E-state index is -2.45. The van der Waals surface area contributed by atoms with E-state index in [1.807, 2.05) is 0 Å². The minimum absolute atomic E-state index is 0.0189. The molecule has 0 fully saturated rings. The first-order chi connectivity index (χ1) is 8.94. The molecule has 19 heavy (non-hydrogen) atoms. The summed E-state index contributed by atoms with van der Waals surface area (Å²) in [5.74, 6) is 0. The van der Waals surface area contributed by atoms with Crippen LogP contribution in [0.1, 0.15) is 30.9 Å². The summed E-state index contributed by atoms with van der Waals surface area (Å²) in [6, 6.07) is 6.27. The molecule has 3 nitrogen and oxygen atoms in total. The normalized spacial score (nSPS) is 14.6. The van der Waals surface area contributed by atoms with Crippen LogP contribution >= 0.6 is 0 Å². The van der Waals surface area contributed by atoms with Crippen LogP contribution in [0.3, 0.4) is 0 Å². The lowest BCUT2D eigenvalue weighted by Crippen LogP contribution is -2.38. The Kier molecular flexibility index (Phi) is 6.34. The zero-order valence-corrected chi connectivity index (χ0v) is 11.3. The maximum atomic E-state index is 12.5. The minimum Gasteiger partial charge on any atom is -0.389 e. The topological polar surface area (TPSA) is 41.5 Å². The molecule has 0 saturated carbocycles. The molecular weight excluding hydrogens is 252 g/mol. The van der Waals surface area contributed by atoms with Gasteiger partial charge in [0, 0.05) is 38.8 Å². The Labute approximate surface area is 112 Å². The Morgan fingerprint density at radius 2 is 2.16 bits per heavy atom. The third kappa shape index (κ3) is 6.09. The average molecular weight is 273 g/mol. The summed E-state index contributed by atoms with van der Waals surface area (Å²) in [4.78, 5) is 0. The molecule has 1 rings (SSSR count). The number of hydrogen-bond acceptors (Lipinski definition) is 3. The van der Waals surface area contributed by atoms with Gasteiger partial charge in [0.25, 0.3) is 6.43 Å². The molecule has 108 valence electrons. The number of rotatable bonds is 8. The summed E-state index contributed by atoms with van der Waals surface area (Å²) in [5, 5.41) is 13.1. The van der Waals surface area contributed by atoms with Crippen LogP contribution in [0.25, 0.3) is 0 Å². The summed E-state index contributed by atoms with van der Waals surface area (Å²) in [6.45, 7) is 3.03. The zero-order valence-electron chi connectivity index (χ0n) is 11.3. The van der Waals surface area contributed by atoms with Crippen LogP contribution in [0, 0.1) is 0 Å². The molecule has 0 aliphatic heterocycles. The fourth-order valence-corrected chi connectivity index (χ4v) is 1.73. The Balaban J connectivity index is 2.42. The zero-order chi connectivity index (χ0) is 14.3. The fraction of sp³-hybridized carbons (Fsp3) is 0.571. The van der Waals surface area contributed by atoms with Crippen LogP contribution in [0.2, 0.25) is 0 Å². The lowest BCUT2D eigenvalue weighted by Gasteiger charge is -2.23. The average Bonchev–Trinajstić information content (AvgIpc) is 2.36. The van der Waals surface area contributed by atoms with Gasteiger partial charge >= 0.3 is 0 Å². The Morgan fingerprint density at radius 1 is 1.42 bits per heavy atom. The molecule has 1 atom stereocenters. The second kappa shape index (κ2) is 7.53. The molecule has 0 aliphatic rings. The molecule has 0 aliphatic carbocycles. The van der Waals surface area contributed by atoms with E-state index in [1.165, 1.54) is 12.1 Å². The summed E-state index contributed by atoms with van der Waals surface area (Å²) >= 11 is 0. The number of hydrogen-bond donors (Lipinski definition) is 2. The summed E-state index contributed by atoms with van der Waals surface area (Å²) in [5.41, 5.74) is -0.0677. The molecular formula is C14H21F2NO2. The van der Waals surface area contributed by atoms with Crippen molar-refractivity contribution in [3.63, 3.8) is 0 Å². The number of methoxy groups -OCH3 is 1. The summed E-state index contributed by atoms with van der Waals surface area (Å²) < 4.78 is 30.0. The molecule has 1 unspecified atom stereocenters. The van der Waals surface area contributed by atoms with Gasteiger partial charge in [-0.15, -0.1) is 0 Å². The van der Waals surface area contributed by atoms with Gasteiger partial charge in [0.15, 0.2) is 0 Å². The van der Waals surface area contributed by atoms with E-state index in [4.69, 9.17) is 4.74 Å². The van der Waals surface area contributed by atoms with Crippen molar-refractivity contribution in [2.45, 2.75) is 31.9 Å². The molecule has 0 amide bonds. The second-order valence-electron chi connectivity index (χ2n) is 4.89. The van der Waals surface area contributed by atoms with Gasteiger partial charge < -0.3 is 15.2 Å². The Morgan fingerprint density at radius 3 is 2.79 bits per heavy atom. The van der Waals surface area contributed by atoms with Gasteiger partial charge in [-0.1, -0.05) is 18.2 Å². The predicted octanol–water partition coefficient (Wildman–Crippen LogP) is 2.50. The van der Waals surface area contributed by atoms with Crippen LogP contribution < -0.4 is 5.32 Å². The van der Waals surface area contributed by atoms with Crippen LogP contribution in [0.15, 0.2) is 24.3 Å². The quantitative estimate of drug-likeness (QED) is 0.764. The molecule has 5 heteroatoms. The third-order valence-corrected chi connectivity index (χ3v) is 2.88. The van der Waals surface area contributed by atoms with E-state index >= 15 is 0 Å². The van der Waals surface area contributed by atoms with Crippen molar-refractivity contribution < 1.29 is 18.6 Å². The van der Waals surface area contributed by atoms with E-state index in [9.17, 15) is 13.9 Å². The highest BCUT2D eigenvalue weighted by Crippen LogP contribution is 2.19. The highest BCUT2D eigenvalue weighted by molar-refractivity contribution is 5.24. The number of benzene rings is 1. The number of alkyl halides is 2. The first kappa shape index (κ1) is 16.0. The van der Waals surface area contributed by atoms with Crippen molar-refractivity contribution in [2.75, 3.05) is 20.3 Å². The van der Waals surface area contributed by atoms with E-state index in [1.54, 1.807) is 26.2 Å². The lowest BCUT2D eigenvalue weighted by molar-refractivity contribution is 0.0247. The maximum Gasteiger partial charge on any atom is 0.263 e. The number of aliphatic hydroxyl groups is 1. The van der Waals surface area contributed by atoms with Gasteiger partial charge in [-0.25, -0.2) is 8.78 Å². The molecule has 0 heterocycles. The highest BCUT2D eigenvalue weighted by atomic mass is 19.3. The molecule has 0 saturated heterocycles. The largest absolute Gasteiger partial charge is 0.389 e. The standard InChI is InChI=1S/C14H21F2NO2/c1-14(18,6-7-19-2)10-17-9-11-4-3-5-12(8-11)13(15)16/h3-5,8,13,17-18H,6-7,9-10H2,1-2H3. The van der Waals surface area contributed by atoms with E-state index in [-0.39, 0.29) is 5.56 Å². The van der Waals surface area contributed by atoms with Gasteiger partial charge in [0.05, 0.1) is 5.60 Å². The fourth-order valence-electron chi connectivity index (χ4n) is 1.73. The number of ether oxygens (including phenoxy) is 1. The van der Waals surface area contributed by atoms with Gasteiger partial charge in [0.1, 0.15) is 0 Å². The van der Waals surface area contributed by atoms with Crippen molar-refractivity contribution in [1.29, 1.82) is 0 Å². The monoisotopic (exact) mass is 273 g/mol. The molecule has 0 aromatic heterocycles. The molecule has 0 bridgehead atoms. The maximum absolute atomic E-state index is 12.5. The second-order valence-corrected chi connectivity index (χ2v) is 4.89. The van der Waals surface area contributed by atoms with Crippen LogP contribution in [-0.4, -0.2) is 31.0 Å². The summed E-state index contributed by atoms with van der Waals surface area (Å²) in [7, 11) is 1.58. The first-order valence-corrected chi connectivity index (χ1v) is 6.23. The van der Waals surface area contributed by atoms with E-state index < -0.39 is 12.0 Å². The van der Waals surface area contributed by atoms with Gasteiger partial charge in [-0.05, 0) is 18.6 Å². The smallest absolute Gasteiger partial charge is 0.263 e.